The van der Waals surface area contributed by atoms with Gasteiger partial charge in [-0.05, 0) is 49.2 Å². The Labute approximate surface area is 117 Å². The maximum Gasteiger partial charge on any atom is 0.256 e. The molecule has 1 atom stereocenters. The summed E-state index contributed by atoms with van der Waals surface area (Å²) < 4.78 is 13.2. The number of anilines is 1. The van der Waals surface area contributed by atoms with Crippen LogP contribution in [0.3, 0.4) is 0 Å². The van der Waals surface area contributed by atoms with Crippen molar-refractivity contribution >= 4 is 11.6 Å². The summed E-state index contributed by atoms with van der Waals surface area (Å²) in [6.45, 7) is 3.66. The standard InChI is InChI=1S/C16H17FN2O/c1-10-3-6-13(17)9-15(10)16(20)19-14-7-4-12(5-8-14)11(2)18/h3-9,11H,18H2,1-2H3,(H,19,20). The Balaban J connectivity index is 2.17. The summed E-state index contributed by atoms with van der Waals surface area (Å²) in [5.74, 6) is -0.747. The van der Waals surface area contributed by atoms with Crippen molar-refractivity contribution in [3.8, 4) is 0 Å². The smallest absolute Gasteiger partial charge is 0.256 e. The molecule has 2 rings (SSSR count). The Bertz CT molecular complexity index is 621. The third kappa shape index (κ3) is 3.22. The lowest BCUT2D eigenvalue weighted by Crippen LogP contribution is -2.14. The van der Waals surface area contributed by atoms with E-state index in [1.165, 1.54) is 12.1 Å². The summed E-state index contributed by atoms with van der Waals surface area (Å²) in [4.78, 5) is 12.1. The summed E-state index contributed by atoms with van der Waals surface area (Å²) in [6.07, 6.45) is 0. The first-order chi connectivity index (χ1) is 9.47. The van der Waals surface area contributed by atoms with Gasteiger partial charge in [0.15, 0.2) is 0 Å². The highest BCUT2D eigenvalue weighted by atomic mass is 19.1. The molecule has 0 aliphatic rings. The number of hydrogen-bond donors (Lipinski definition) is 2. The molecule has 0 aromatic heterocycles. The van der Waals surface area contributed by atoms with E-state index in [-0.39, 0.29) is 11.9 Å². The molecule has 0 saturated carbocycles. The van der Waals surface area contributed by atoms with Crippen molar-refractivity contribution < 1.29 is 9.18 Å². The minimum absolute atomic E-state index is 0.0507. The molecule has 4 heteroatoms. The quantitative estimate of drug-likeness (QED) is 0.899. The van der Waals surface area contributed by atoms with Gasteiger partial charge in [-0.1, -0.05) is 18.2 Å². The molecule has 0 heterocycles. The highest BCUT2D eigenvalue weighted by Crippen LogP contribution is 2.16. The van der Waals surface area contributed by atoms with Crippen molar-refractivity contribution in [3.05, 3.63) is 65.0 Å². The number of nitrogens with one attached hydrogen (secondary N) is 1. The van der Waals surface area contributed by atoms with Crippen LogP contribution in [-0.2, 0) is 0 Å². The van der Waals surface area contributed by atoms with Gasteiger partial charge in [-0.25, -0.2) is 4.39 Å². The molecule has 0 saturated heterocycles. The van der Waals surface area contributed by atoms with Crippen LogP contribution in [0.25, 0.3) is 0 Å². The Morgan fingerprint density at radius 2 is 1.85 bits per heavy atom. The molecule has 104 valence electrons. The summed E-state index contributed by atoms with van der Waals surface area (Å²) >= 11 is 0. The molecule has 0 spiro atoms. The first-order valence-electron chi connectivity index (χ1n) is 6.40. The molecule has 0 aliphatic heterocycles. The molecule has 3 nitrogen and oxygen atoms in total. The number of rotatable bonds is 3. The Hall–Kier alpha value is -2.20. The largest absolute Gasteiger partial charge is 0.324 e. The van der Waals surface area contributed by atoms with E-state index in [1.807, 2.05) is 19.1 Å². The van der Waals surface area contributed by atoms with Gasteiger partial charge >= 0.3 is 0 Å². The van der Waals surface area contributed by atoms with Crippen molar-refractivity contribution in [1.29, 1.82) is 0 Å². The molecule has 2 aromatic rings. The van der Waals surface area contributed by atoms with Gasteiger partial charge in [-0.15, -0.1) is 0 Å². The van der Waals surface area contributed by atoms with Crippen LogP contribution in [0.4, 0.5) is 10.1 Å². The third-order valence-corrected chi connectivity index (χ3v) is 3.14. The van der Waals surface area contributed by atoms with Gasteiger partial charge in [-0.2, -0.15) is 0 Å². The second-order valence-electron chi connectivity index (χ2n) is 4.82. The van der Waals surface area contributed by atoms with Crippen LogP contribution in [0, 0.1) is 12.7 Å². The maximum absolute atomic E-state index is 13.2. The number of halogens is 1. The lowest BCUT2D eigenvalue weighted by Gasteiger charge is -2.10. The fourth-order valence-electron chi connectivity index (χ4n) is 1.91. The van der Waals surface area contributed by atoms with Crippen LogP contribution in [0.1, 0.15) is 34.5 Å². The molecular weight excluding hydrogens is 255 g/mol. The molecule has 0 radical (unpaired) electrons. The fourth-order valence-corrected chi connectivity index (χ4v) is 1.91. The molecule has 0 bridgehead atoms. The van der Waals surface area contributed by atoms with Gasteiger partial charge in [0.2, 0.25) is 0 Å². The summed E-state index contributed by atoms with van der Waals surface area (Å²) in [5, 5.41) is 2.75. The third-order valence-electron chi connectivity index (χ3n) is 3.14. The Kier molecular flexibility index (Phi) is 4.15. The van der Waals surface area contributed by atoms with Crippen molar-refractivity contribution in [2.45, 2.75) is 19.9 Å². The molecule has 0 fully saturated rings. The van der Waals surface area contributed by atoms with Gasteiger partial charge in [-0.3, -0.25) is 4.79 Å². The van der Waals surface area contributed by atoms with E-state index in [0.29, 0.717) is 11.3 Å². The normalized spacial score (nSPS) is 12.0. The van der Waals surface area contributed by atoms with Gasteiger partial charge in [0.25, 0.3) is 5.91 Å². The number of carbonyl (C=O) groups excluding carboxylic acids is 1. The van der Waals surface area contributed by atoms with Crippen molar-refractivity contribution in [1.82, 2.24) is 0 Å². The second-order valence-corrected chi connectivity index (χ2v) is 4.82. The number of benzene rings is 2. The minimum atomic E-state index is -0.423. The zero-order valence-electron chi connectivity index (χ0n) is 11.5. The number of aryl methyl sites for hydroxylation is 1. The first-order valence-corrected chi connectivity index (χ1v) is 6.40. The van der Waals surface area contributed by atoms with Gasteiger partial charge in [0.05, 0.1) is 0 Å². The zero-order valence-corrected chi connectivity index (χ0v) is 11.5. The summed E-state index contributed by atoms with van der Waals surface area (Å²) in [5.41, 5.74) is 8.48. The van der Waals surface area contributed by atoms with Gasteiger partial charge < -0.3 is 11.1 Å². The molecular formula is C16H17FN2O. The molecule has 2 aromatic carbocycles. The Morgan fingerprint density at radius 3 is 2.45 bits per heavy atom. The van der Waals surface area contributed by atoms with E-state index in [4.69, 9.17) is 5.73 Å². The van der Waals surface area contributed by atoms with Crippen LogP contribution in [0.15, 0.2) is 42.5 Å². The molecule has 3 N–H and O–H groups in total. The monoisotopic (exact) mass is 272 g/mol. The van der Waals surface area contributed by atoms with E-state index in [9.17, 15) is 9.18 Å². The first kappa shape index (κ1) is 14.2. The van der Waals surface area contributed by atoms with E-state index >= 15 is 0 Å². The predicted octanol–water partition coefficient (Wildman–Crippen LogP) is 3.41. The van der Waals surface area contributed by atoms with Crippen molar-refractivity contribution in [3.63, 3.8) is 0 Å². The second kappa shape index (κ2) is 5.84. The van der Waals surface area contributed by atoms with Crippen LogP contribution in [0.5, 0.6) is 0 Å². The van der Waals surface area contributed by atoms with Crippen molar-refractivity contribution in [2.75, 3.05) is 5.32 Å². The fraction of sp³-hybridized carbons (Fsp3) is 0.188. The highest BCUT2D eigenvalue weighted by molar-refractivity contribution is 6.05. The highest BCUT2D eigenvalue weighted by Gasteiger charge is 2.10. The molecule has 20 heavy (non-hydrogen) atoms. The maximum atomic E-state index is 13.2. The predicted molar refractivity (Wildman–Crippen MR) is 78.1 cm³/mol. The Morgan fingerprint density at radius 1 is 1.20 bits per heavy atom. The van der Waals surface area contributed by atoms with Crippen LogP contribution < -0.4 is 11.1 Å². The zero-order chi connectivity index (χ0) is 14.7. The van der Waals surface area contributed by atoms with Crippen molar-refractivity contribution in [2.24, 2.45) is 5.73 Å². The van der Waals surface area contributed by atoms with E-state index in [2.05, 4.69) is 5.32 Å². The lowest BCUT2D eigenvalue weighted by molar-refractivity contribution is 0.102. The minimum Gasteiger partial charge on any atom is -0.324 e. The van der Waals surface area contributed by atoms with Crippen LogP contribution in [-0.4, -0.2) is 5.91 Å². The van der Waals surface area contributed by atoms with Crippen LogP contribution in [0.2, 0.25) is 0 Å². The van der Waals surface area contributed by atoms with E-state index in [1.54, 1.807) is 25.1 Å². The average Bonchev–Trinajstić information content (AvgIpc) is 2.42. The van der Waals surface area contributed by atoms with Crippen LogP contribution >= 0.6 is 0 Å². The van der Waals surface area contributed by atoms with E-state index in [0.717, 1.165) is 11.1 Å². The lowest BCUT2D eigenvalue weighted by atomic mass is 10.1. The van der Waals surface area contributed by atoms with Gasteiger partial charge in [0, 0.05) is 17.3 Å². The van der Waals surface area contributed by atoms with E-state index < -0.39 is 5.82 Å². The summed E-state index contributed by atoms with van der Waals surface area (Å²) in [7, 11) is 0. The van der Waals surface area contributed by atoms with Gasteiger partial charge in [0.1, 0.15) is 5.82 Å². The topological polar surface area (TPSA) is 55.1 Å². The average molecular weight is 272 g/mol. The number of nitrogens with two attached hydrogens (primary N) is 1. The number of amides is 1. The number of hydrogen-bond acceptors (Lipinski definition) is 2. The summed E-state index contributed by atoms with van der Waals surface area (Å²) in [6, 6.07) is 11.4. The molecule has 1 unspecified atom stereocenters. The number of carbonyl (C=O) groups is 1. The molecule has 1 amide bonds. The SMILES string of the molecule is Cc1ccc(F)cc1C(=O)Nc1ccc(C(C)N)cc1. The molecule has 0 aliphatic carbocycles.